The van der Waals surface area contributed by atoms with E-state index < -0.39 is 18.1 Å². The Bertz CT molecular complexity index is 543. The topological polar surface area (TPSA) is 66.8 Å². The molecular weight excluding hydrogens is 282 g/mol. The van der Waals surface area contributed by atoms with Gasteiger partial charge in [-0.1, -0.05) is 37.6 Å². The van der Waals surface area contributed by atoms with Gasteiger partial charge in [-0.15, -0.1) is 0 Å². The molecule has 2 rings (SSSR count). The van der Waals surface area contributed by atoms with Crippen LogP contribution in [0.15, 0.2) is 24.3 Å². The van der Waals surface area contributed by atoms with Crippen LogP contribution in [-0.2, 0) is 27.3 Å². The number of amides is 1. The highest BCUT2D eigenvalue weighted by atomic mass is 16.5. The largest absolute Gasteiger partial charge is 0.480 e. The van der Waals surface area contributed by atoms with Crippen LogP contribution in [0.25, 0.3) is 0 Å². The first-order valence-corrected chi connectivity index (χ1v) is 7.76. The minimum absolute atomic E-state index is 0.252. The maximum absolute atomic E-state index is 12.6. The van der Waals surface area contributed by atoms with Gasteiger partial charge in [0.15, 0.2) is 0 Å². The molecule has 22 heavy (non-hydrogen) atoms. The number of fused-ring (bicyclic) bond motifs is 1. The summed E-state index contributed by atoms with van der Waals surface area (Å²) in [6.45, 7) is 4.59. The Labute approximate surface area is 130 Å². The number of aliphatic carboxylic acids is 1. The molecule has 1 N–H and O–H groups in total. The summed E-state index contributed by atoms with van der Waals surface area (Å²) < 4.78 is 5.53. The highest BCUT2D eigenvalue weighted by Gasteiger charge is 2.36. The van der Waals surface area contributed by atoms with E-state index in [1.54, 1.807) is 6.92 Å². The van der Waals surface area contributed by atoms with Crippen LogP contribution >= 0.6 is 0 Å². The molecule has 1 heterocycles. The molecule has 0 fully saturated rings. The third-order valence-corrected chi connectivity index (χ3v) is 4.03. The molecule has 0 spiro atoms. The highest BCUT2D eigenvalue weighted by Crippen LogP contribution is 2.24. The predicted molar refractivity (Wildman–Crippen MR) is 82.4 cm³/mol. The summed E-state index contributed by atoms with van der Waals surface area (Å²) in [6, 6.07) is 6.85. The lowest BCUT2D eigenvalue weighted by Crippen LogP contribution is -2.51. The van der Waals surface area contributed by atoms with Crippen LogP contribution in [0.4, 0.5) is 0 Å². The molecule has 0 aliphatic carbocycles. The summed E-state index contributed by atoms with van der Waals surface area (Å²) in [5.41, 5.74) is 2.01. The zero-order valence-corrected chi connectivity index (χ0v) is 13.1. The molecule has 1 aromatic carbocycles. The van der Waals surface area contributed by atoms with Gasteiger partial charge >= 0.3 is 5.97 Å². The highest BCUT2D eigenvalue weighted by molar-refractivity contribution is 5.87. The average Bonchev–Trinajstić information content (AvgIpc) is 2.52. The van der Waals surface area contributed by atoms with Gasteiger partial charge in [0.05, 0.1) is 0 Å². The zero-order chi connectivity index (χ0) is 16.1. The summed E-state index contributed by atoms with van der Waals surface area (Å²) in [5.74, 6) is -1.22. The third-order valence-electron chi connectivity index (χ3n) is 4.03. The van der Waals surface area contributed by atoms with E-state index in [9.17, 15) is 14.7 Å². The van der Waals surface area contributed by atoms with E-state index in [0.29, 0.717) is 19.6 Å². The van der Waals surface area contributed by atoms with Crippen LogP contribution in [0.2, 0.25) is 0 Å². The van der Waals surface area contributed by atoms with E-state index in [1.807, 2.05) is 24.3 Å². The van der Waals surface area contributed by atoms with Crippen LogP contribution in [0, 0.1) is 0 Å². The van der Waals surface area contributed by atoms with Crippen molar-refractivity contribution in [1.82, 2.24) is 4.90 Å². The fourth-order valence-electron chi connectivity index (χ4n) is 2.68. The summed E-state index contributed by atoms with van der Waals surface area (Å²) in [4.78, 5) is 25.5. The van der Waals surface area contributed by atoms with E-state index in [0.717, 1.165) is 24.0 Å². The molecule has 5 heteroatoms. The smallest absolute Gasteiger partial charge is 0.326 e. The van der Waals surface area contributed by atoms with Crippen LogP contribution in [-0.4, -0.2) is 40.6 Å². The second kappa shape index (κ2) is 7.40. The van der Waals surface area contributed by atoms with Gasteiger partial charge in [0, 0.05) is 19.6 Å². The molecular formula is C17H23NO4. The standard InChI is InChI=1S/C17H23NO4/c1-3-4-9-22-12(2)16(19)18-11-14-8-6-5-7-13(14)10-15(18)17(20)21/h5-8,12,15H,3-4,9-11H2,1-2H3,(H,20,21)/t12-,15-/m0/s1. The van der Waals surface area contributed by atoms with E-state index in [1.165, 1.54) is 4.90 Å². The van der Waals surface area contributed by atoms with Crippen molar-refractivity contribution in [1.29, 1.82) is 0 Å². The Morgan fingerprint density at radius 2 is 2.05 bits per heavy atom. The molecule has 1 aromatic rings. The van der Waals surface area contributed by atoms with Gasteiger partial charge in [-0.25, -0.2) is 4.79 Å². The molecule has 0 unspecified atom stereocenters. The summed E-state index contributed by atoms with van der Waals surface area (Å²) in [7, 11) is 0. The summed E-state index contributed by atoms with van der Waals surface area (Å²) in [6.07, 6.45) is 1.62. The second-order valence-electron chi connectivity index (χ2n) is 5.66. The minimum atomic E-state index is -0.969. The van der Waals surface area contributed by atoms with Gasteiger partial charge in [-0.2, -0.15) is 0 Å². The number of carboxylic acid groups (broad SMARTS) is 1. The third kappa shape index (κ3) is 3.65. The molecule has 0 saturated heterocycles. The Morgan fingerprint density at radius 1 is 1.36 bits per heavy atom. The van der Waals surface area contributed by atoms with Crippen LogP contribution < -0.4 is 0 Å². The van der Waals surface area contributed by atoms with Gasteiger partial charge < -0.3 is 14.7 Å². The van der Waals surface area contributed by atoms with E-state index >= 15 is 0 Å². The fraction of sp³-hybridized carbons (Fsp3) is 0.529. The Morgan fingerprint density at radius 3 is 2.68 bits per heavy atom. The lowest BCUT2D eigenvalue weighted by Gasteiger charge is -2.35. The Balaban J connectivity index is 2.13. The first-order valence-electron chi connectivity index (χ1n) is 7.76. The first-order chi connectivity index (χ1) is 10.5. The molecule has 5 nitrogen and oxygen atoms in total. The quantitative estimate of drug-likeness (QED) is 0.818. The van der Waals surface area contributed by atoms with E-state index in [4.69, 9.17) is 4.74 Å². The van der Waals surface area contributed by atoms with Crippen molar-refractivity contribution in [2.75, 3.05) is 6.61 Å². The number of benzene rings is 1. The molecule has 0 radical (unpaired) electrons. The summed E-state index contributed by atoms with van der Waals surface area (Å²) >= 11 is 0. The molecule has 1 aliphatic rings. The molecule has 1 amide bonds. The zero-order valence-electron chi connectivity index (χ0n) is 13.1. The van der Waals surface area contributed by atoms with E-state index in [-0.39, 0.29) is 5.91 Å². The van der Waals surface area contributed by atoms with Crippen molar-refractivity contribution >= 4 is 11.9 Å². The van der Waals surface area contributed by atoms with Crippen LogP contribution in [0.3, 0.4) is 0 Å². The normalized spacial score (nSPS) is 18.6. The predicted octanol–water partition coefficient (Wildman–Crippen LogP) is 2.23. The number of carbonyl (C=O) groups is 2. The summed E-state index contributed by atoms with van der Waals surface area (Å²) in [5, 5.41) is 9.44. The lowest BCUT2D eigenvalue weighted by atomic mass is 9.93. The Hall–Kier alpha value is -1.88. The molecule has 120 valence electrons. The van der Waals surface area contributed by atoms with Gasteiger partial charge in [0.2, 0.25) is 0 Å². The van der Waals surface area contributed by atoms with E-state index in [2.05, 4.69) is 6.92 Å². The number of hydrogen-bond donors (Lipinski definition) is 1. The van der Waals surface area contributed by atoms with Crippen molar-refractivity contribution in [3.05, 3.63) is 35.4 Å². The van der Waals surface area contributed by atoms with Crippen molar-refractivity contribution in [2.24, 2.45) is 0 Å². The van der Waals surface area contributed by atoms with Gasteiger partial charge in [0.1, 0.15) is 12.1 Å². The maximum atomic E-state index is 12.6. The first kappa shape index (κ1) is 16.5. The number of unbranched alkanes of at least 4 members (excludes halogenated alkanes) is 1. The number of carbonyl (C=O) groups excluding carboxylic acids is 1. The molecule has 0 bridgehead atoms. The number of carboxylic acids is 1. The van der Waals surface area contributed by atoms with Crippen molar-refractivity contribution < 1.29 is 19.4 Å². The fourth-order valence-corrected chi connectivity index (χ4v) is 2.68. The number of hydrogen-bond acceptors (Lipinski definition) is 3. The van der Waals surface area contributed by atoms with Crippen molar-refractivity contribution in [2.45, 2.75) is 51.8 Å². The van der Waals surface area contributed by atoms with Gasteiger partial charge in [-0.05, 0) is 24.5 Å². The lowest BCUT2D eigenvalue weighted by molar-refractivity contribution is -0.157. The molecule has 2 atom stereocenters. The number of nitrogens with zero attached hydrogens (tertiary/aromatic N) is 1. The van der Waals surface area contributed by atoms with Crippen molar-refractivity contribution in [3.8, 4) is 0 Å². The number of ether oxygens (including phenoxy) is 1. The van der Waals surface area contributed by atoms with Gasteiger partial charge in [-0.3, -0.25) is 4.79 Å². The number of rotatable bonds is 6. The monoisotopic (exact) mass is 305 g/mol. The average molecular weight is 305 g/mol. The second-order valence-corrected chi connectivity index (χ2v) is 5.66. The van der Waals surface area contributed by atoms with Gasteiger partial charge in [0.25, 0.3) is 5.91 Å². The molecule has 0 aromatic heterocycles. The van der Waals surface area contributed by atoms with Crippen LogP contribution in [0.5, 0.6) is 0 Å². The Kier molecular flexibility index (Phi) is 5.55. The van der Waals surface area contributed by atoms with Crippen molar-refractivity contribution in [3.63, 3.8) is 0 Å². The van der Waals surface area contributed by atoms with Crippen LogP contribution in [0.1, 0.15) is 37.8 Å². The SMILES string of the molecule is CCCCO[C@@H](C)C(=O)N1Cc2ccccc2C[C@H]1C(=O)O. The maximum Gasteiger partial charge on any atom is 0.326 e. The minimum Gasteiger partial charge on any atom is -0.480 e. The molecule has 1 aliphatic heterocycles. The molecule has 0 saturated carbocycles.